The Morgan fingerprint density at radius 2 is 1.95 bits per heavy atom. The van der Waals surface area contributed by atoms with Crippen LogP contribution in [0.3, 0.4) is 0 Å². The number of methoxy groups -OCH3 is 1. The van der Waals surface area contributed by atoms with Gasteiger partial charge in [0.25, 0.3) is 0 Å². The fourth-order valence-electron chi connectivity index (χ4n) is 3.61. The molecule has 0 radical (unpaired) electrons. The molecular formula is C17H34N2O. The van der Waals surface area contributed by atoms with E-state index in [2.05, 4.69) is 44.8 Å². The Kier molecular flexibility index (Phi) is 4.83. The standard InChI is InChI=1S/C17H34N2O/c1-13(2)14-10-18-15(16(3,4)5)11-19(14)12-17(20-6)8-7-9-17/h13-15,18H,7-12H2,1-6H3. The molecule has 0 aromatic heterocycles. The van der Waals surface area contributed by atoms with Crippen LogP contribution in [0, 0.1) is 11.3 Å². The molecule has 0 aromatic carbocycles. The van der Waals surface area contributed by atoms with Gasteiger partial charge in [0.05, 0.1) is 5.60 Å². The van der Waals surface area contributed by atoms with Crippen LogP contribution in [-0.2, 0) is 4.74 Å². The lowest BCUT2D eigenvalue weighted by molar-refractivity contribution is -0.107. The minimum atomic E-state index is 0.146. The number of nitrogens with zero attached hydrogens (tertiary/aromatic N) is 1. The van der Waals surface area contributed by atoms with E-state index in [1.807, 2.05) is 7.11 Å². The zero-order chi connectivity index (χ0) is 15.0. The van der Waals surface area contributed by atoms with Gasteiger partial charge in [-0.1, -0.05) is 34.6 Å². The summed E-state index contributed by atoms with van der Waals surface area (Å²) >= 11 is 0. The van der Waals surface area contributed by atoms with Gasteiger partial charge in [-0.3, -0.25) is 4.90 Å². The first-order chi connectivity index (χ1) is 9.27. The maximum atomic E-state index is 5.86. The first kappa shape index (κ1) is 16.3. The quantitative estimate of drug-likeness (QED) is 0.858. The molecule has 2 fully saturated rings. The van der Waals surface area contributed by atoms with Gasteiger partial charge >= 0.3 is 0 Å². The fraction of sp³-hybridized carbons (Fsp3) is 1.00. The molecule has 1 aliphatic heterocycles. The highest BCUT2D eigenvalue weighted by Crippen LogP contribution is 2.37. The van der Waals surface area contributed by atoms with Crippen molar-refractivity contribution in [2.24, 2.45) is 11.3 Å². The summed E-state index contributed by atoms with van der Waals surface area (Å²) in [6, 6.07) is 1.22. The van der Waals surface area contributed by atoms with Crippen LogP contribution < -0.4 is 5.32 Å². The van der Waals surface area contributed by atoms with Gasteiger partial charge < -0.3 is 10.1 Å². The van der Waals surface area contributed by atoms with E-state index in [0.29, 0.717) is 23.4 Å². The fourth-order valence-corrected chi connectivity index (χ4v) is 3.61. The summed E-state index contributed by atoms with van der Waals surface area (Å²) in [6.45, 7) is 15.1. The van der Waals surface area contributed by atoms with Gasteiger partial charge in [0.2, 0.25) is 0 Å². The van der Waals surface area contributed by atoms with Crippen molar-refractivity contribution in [2.75, 3.05) is 26.7 Å². The minimum Gasteiger partial charge on any atom is -0.377 e. The van der Waals surface area contributed by atoms with Crippen molar-refractivity contribution in [3.8, 4) is 0 Å². The average molecular weight is 282 g/mol. The summed E-state index contributed by atoms with van der Waals surface area (Å²) < 4.78 is 5.86. The second-order valence-electron chi connectivity index (χ2n) is 8.31. The van der Waals surface area contributed by atoms with E-state index in [4.69, 9.17) is 4.74 Å². The van der Waals surface area contributed by atoms with Crippen molar-refractivity contribution in [3.63, 3.8) is 0 Å². The van der Waals surface area contributed by atoms with Crippen LogP contribution in [0.5, 0.6) is 0 Å². The Bertz CT molecular complexity index is 312. The van der Waals surface area contributed by atoms with Crippen LogP contribution in [0.15, 0.2) is 0 Å². The summed E-state index contributed by atoms with van der Waals surface area (Å²) in [5.74, 6) is 0.692. The lowest BCUT2D eigenvalue weighted by atomic mass is 9.77. The van der Waals surface area contributed by atoms with Crippen LogP contribution in [0.25, 0.3) is 0 Å². The summed E-state index contributed by atoms with van der Waals surface area (Å²) in [4.78, 5) is 2.71. The molecule has 0 spiro atoms. The molecule has 1 aliphatic carbocycles. The molecule has 2 aliphatic rings. The van der Waals surface area contributed by atoms with Gasteiger partial charge in [-0.15, -0.1) is 0 Å². The minimum absolute atomic E-state index is 0.146. The zero-order valence-electron chi connectivity index (χ0n) is 14.3. The Hall–Kier alpha value is -0.120. The summed E-state index contributed by atoms with van der Waals surface area (Å²) in [6.07, 6.45) is 3.80. The third kappa shape index (κ3) is 3.37. The van der Waals surface area contributed by atoms with Crippen LogP contribution in [0.2, 0.25) is 0 Å². The molecular weight excluding hydrogens is 248 g/mol. The lowest BCUT2D eigenvalue weighted by Crippen LogP contribution is -2.65. The van der Waals surface area contributed by atoms with Crippen molar-refractivity contribution in [3.05, 3.63) is 0 Å². The van der Waals surface area contributed by atoms with Crippen molar-refractivity contribution in [2.45, 2.75) is 71.6 Å². The third-order valence-electron chi connectivity index (χ3n) is 5.46. The van der Waals surface area contributed by atoms with E-state index in [1.165, 1.54) is 19.3 Å². The van der Waals surface area contributed by atoms with E-state index in [-0.39, 0.29) is 5.60 Å². The van der Waals surface area contributed by atoms with Gasteiger partial charge in [-0.05, 0) is 30.6 Å². The number of ether oxygens (including phenoxy) is 1. The second-order valence-corrected chi connectivity index (χ2v) is 8.31. The van der Waals surface area contributed by atoms with Crippen molar-refractivity contribution in [1.29, 1.82) is 0 Å². The number of piperazine rings is 1. The predicted molar refractivity (Wildman–Crippen MR) is 85.0 cm³/mol. The molecule has 118 valence electrons. The molecule has 1 saturated carbocycles. The summed E-state index contributed by atoms with van der Waals surface area (Å²) in [7, 11) is 1.90. The largest absolute Gasteiger partial charge is 0.377 e. The summed E-state index contributed by atoms with van der Waals surface area (Å²) in [5.41, 5.74) is 0.465. The highest BCUT2D eigenvalue weighted by atomic mass is 16.5. The van der Waals surface area contributed by atoms with Crippen LogP contribution in [-0.4, -0.2) is 49.3 Å². The highest BCUT2D eigenvalue weighted by molar-refractivity contribution is 4.99. The maximum absolute atomic E-state index is 5.86. The SMILES string of the molecule is COC1(CN2CC(C(C)(C)C)NCC2C(C)C)CCC1. The third-order valence-corrected chi connectivity index (χ3v) is 5.46. The van der Waals surface area contributed by atoms with E-state index in [1.54, 1.807) is 0 Å². The normalized spacial score (nSPS) is 31.4. The molecule has 2 unspecified atom stereocenters. The average Bonchev–Trinajstić information content (AvgIpc) is 2.32. The molecule has 1 saturated heterocycles. The zero-order valence-corrected chi connectivity index (χ0v) is 14.3. The van der Waals surface area contributed by atoms with E-state index < -0.39 is 0 Å². The monoisotopic (exact) mass is 282 g/mol. The second kappa shape index (κ2) is 5.94. The van der Waals surface area contributed by atoms with Gasteiger partial charge in [0.1, 0.15) is 0 Å². The molecule has 20 heavy (non-hydrogen) atoms. The Morgan fingerprint density at radius 1 is 1.30 bits per heavy atom. The van der Waals surface area contributed by atoms with E-state index >= 15 is 0 Å². The Balaban J connectivity index is 2.07. The number of hydrogen-bond donors (Lipinski definition) is 1. The molecule has 1 heterocycles. The van der Waals surface area contributed by atoms with Gasteiger partial charge in [0, 0.05) is 38.8 Å². The Morgan fingerprint density at radius 3 is 2.35 bits per heavy atom. The Labute approximate surface area is 125 Å². The van der Waals surface area contributed by atoms with Crippen LogP contribution >= 0.6 is 0 Å². The first-order valence-corrected chi connectivity index (χ1v) is 8.30. The van der Waals surface area contributed by atoms with Gasteiger partial charge in [-0.2, -0.15) is 0 Å². The molecule has 0 amide bonds. The van der Waals surface area contributed by atoms with E-state index in [9.17, 15) is 0 Å². The predicted octanol–water partition coefficient (Wildman–Crippen LogP) is 2.90. The molecule has 3 heteroatoms. The van der Waals surface area contributed by atoms with Gasteiger partial charge in [0.15, 0.2) is 0 Å². The molecule has 0 bridgehead atoms. The first-order valence-electron chi connectivity index (χ1n) is 8.30. The molecule has 3 nitrogen and oxygen atoms in total. The molecule has 2 rings (SSSR count). The lowest BCUT2D eigenvalue weighted by Gasteiger charge is -2.51. The summed E-state index contributed by atoms with van der Waals surface area (Å²) in [5, 5.41) is 3.78. The molecule has 0 aromatic rings. The highest BCUT2D eigenvalue weighted by Gasteiger charge is 2.43. The number of rotatable bonds is 4. The number of hydrogen-bond acceptors (Lipinski definition) is 3. The van der Waals surface area contributed by atoms with Crippen molar-refractivity contribution < 1.29 is 4.74 Å². The van der Waals surface area contributed by atoms with Crippen LogP contribution in [0.1, 0.15) is 53.9 Å². The molecule has 1 N–H and O–H groups in total. The van der Waals surface area contributed by atoms with Crippen molar-refractivity contribution in [1.82, 2.24) is 10.2 Å². The van der Waals surface area contributed by atoms with Crippen molar-refractivity contribution >= 4 is 0 Å². The van der Waals surface area contributed by atoms with Gasteiger partial charge in [-0.25, -0.2) is 0 Å². The maximum Gasteiger partial charge on any atom is 0.0805 e. The molecule has 2 atom stereocenters. The number of nitrogens with one attached hydrogen (secondary N) is 1. The van der Waals surface area contributed by atoms with E-state index in [0.717, 1.165) is 19.6 Å². The topological polar surface area (TPSA) is 24.5 Å². The van der Waals surface area contributed by atoms with Crippen LogP contribution in [0.4, 0.5) is 0 Å². The smallest absolute Gasteiger partial charge is 0.0805 e.